The highest BCUT2D eigenvalue weighted by atomic mass is 35.5. The van der Waals surface area contributed by atoms with Crippen LogP contribution < -0.4 is 5.32 Å². The van der Waals surface area contributed by atoms with Crippen molar-refractivity contribution in [3.8, 4) is 0 Å². The van der Waals surface area contributed by atoms with Gasteiger partial charge in [-0.25, -0.2) is 8.42 Å². The lowest BCUT2D eigenvalue weighted by molar-refractivity contribution is -0.00138. The molecule has 3 aliphatic heterocycles. The Bertz CT molecular complexity index is 1010. The third kappa shape index (κ3) is 2.99. The Balaban J connectivity index is 0.00000180. The van der Waals surface area contributed by atoms with Crippen molar-refractivity contribution in [3.63, 3.8) is 0 Å². The molecule has 3 saturated heterocycles. The molecule has 2 bridgehead atoms. The van der Waals surface area contributed by atoms with Crippen LogP contribution in [0, 0.1) is 5.92 Å². The molecule has 2 aromatic rings. The molecule has 1 atom stereocenters. The van der Waals surface area contributed by atoms with E-state index >= 15 is 0 Å². The number of nitrogens with zero attached hydrogens (tertiary/aromatic N) is 1. The standard InChI is InChI=1S/C19H22N2O3S2.ClH/c1-26(23,24)15-4-2-3-13-11-14(25-16(13)15)18(22)20-17-12-5-9-21(10-6-12)19(17)7-8-19;/h2-4,11-12,17H,5-10H2,1H3,(H,20,22);1H/t17-;/m1./s1. The predicted octanol–water partition coefficient (Wildman–Crippen LogP) is 3.08. The van der Waals surface area contributed by atoms with Crippen LogP contribution in [-0.4, -0.2) is 50.2 Å². The van der Waals surface area contributed by atoms with Gasteiger partial charge in [0.05, 0.1) is 20.5 Å². The normalized spacial score (nSPS) is 28.1. The van der Waals surface area contributed by atoms with Crippen LogP contribution >= 0.6 is 23.7 Å². The third-order valence-corrected chi connectivity index (χ3v) is 8.85. The Morgan fingerprint density at radius 3 is 2.59 bits per heavy atom. The highest BCUT2D eigenvalue weighted by molar-refractivity contribution is 7.91. The van der Waals surface area contributed by atoms with Crippen LogP contribution in [-0.2, 0) is 9.84 Å². The monoisotopic (exact) mass is 426 g/mol. The number of thiophene rings is 1. The summed E-state index contributed by atoms with van der Waals surface area (Å²) in [6.45, 7) is 2.33. The largest absolute Gasteiger partial charge is 0.346 e. The van der Waals surface area contributed by atoms with Crippen molar-refractivity contribution >= 4 is 49.6 Å². The van der Waals surface area contributed by atoms with Gasteiger partial charge in [0.15, 0.2) is 9.84 Å². The fraction of sp³-hybridized carbons (Fsp3) is 0.526. The molecule has 27 heavy (non-hydrogen) atoms. The SMILES string of the molecule is CS(=O)(=O)c1cccc2cc(C(=O)N[C@@H]3C4CCN(CC4)C34CC4)sc12.Cl. The van der Waals surface area contributed by atoms with Crippen molar-refractivity contribution in [1.29, 1.82) is 0 Å². The molecule has 5 nitrogen and oxygen atoms in total. The van der Waals surface area contributed by atoms with Crippen LogP contribution in [0.25, 0.3) is 10.1 Å². The second-order valence-electron chi connectivity index (χ2n) is 7.94. The minimum atomic E-state index is -3.31. The number of hydrogen-bond acceptors (Lipinski definition) is 5. The number of nitrogens with one attached hydrogen (secondary N) is 1. The molecule has 4 aliphatic rings. The zero-order valence-corrected chi connectivity index (χ0v) is 17.6. The zero-order chi connectivity index (χ0) is 18.1. The number of halogens is 1. The maximum atomic E-state index is 13.0. The summed E-state index contributed by atoms with van der Waals surface area (Å²) in [6, 6.07) is 7.28. The first-order chi connectivity index (χ1) is 12.4. The molecule has 1 N–H and O–H groups in total. The van der Waals surface area contributed by atoms with Crippen LogP contribution in [0.2, 0.25) is 0 Å². The molecule has 1 aromatic heterocycles. The molecule has 1 aliphatic carbocycles. The molecular weight excluding hydrogens is 404 g/mol. The van der Waals surface area contributed by atoms with Gasteiger partial charge in [-0.2, -0.15) is 0 Å². The number of benzene rings is 1. The van der Waals surface area contributed by atoms with E-state index < -0.39 is 9.84 Å². The van der Waals surface area contributed by atoms with Crippen LogP contribution in [0.15, 0.2) is 29.2 Å². The molecule has 0 unspecified atom stereocenters. The van der Waals surface area contributed by atoms with E-state index in [2.05, 4.69) is 10.2 Å². The number of carbonyl (C=O) groups is 1. The van der Waals surface area contributed by atoms with Gasteiger partial charge in [-0.05, 0) is 62.2 Å². The van der Waals surface area contributed by atoms with Gasteiger partial charge < -0.3 is 5.32 Å². The molecule has 4 heterocycles. The maximum absolute atomic E-state index is 13.0. The van der Waals surface area contributed by atoms with Crippen molar-refractivity contribution in [2.75, 3.05) is 19.3 Å². The van der Waals surface area contributed by atoms with E-state index in [4.69, 9.17) is 0 Å². The molecule has 8 heteroatoms. The average Bonchev–Trinajstić information content (AvgIpc) is 3.26. The van der Waals surface area contributed by atoms with E-state index in [0.717, 1.165) is 31.3 Å². The first-order valence-corrected chi connectivity index (χ1v) is 11.9. The van der Waals surface area contributed by atoms with Gasteiger partial charge in [0.2, 0.25) is 0 Å². The number of piperidine rings is 3. The molecule has 6 rings (SSSR count). The number of hydrogen-bond donors (Lipinski definition) is 1. The van der Waals surface area contributed by atoms with Gasteiger partial charge in [-0.3, -0.25) is 9.69 Å². The Labute approximate surface area is 169 Å². The lowest BCUT2D eigenvalue weighted by Crippen LogP contribution is -2.65. The van der Waals surface area contributed by atoms with Gasteiger partial charge in [0.1, 0.15) is 0 Å². The Hall–Kier alpha value is -1.15. The number of amides is 1. The molecule has 1 amide bonds. The molecule has 1 aromatic carbocycles. The Morgan fingerprint density at radius 1 is 1.26 bits per heavy atom. The highest BCUT2D eigenvalue weighted by Gasteiger charge is 2.60. The topological polar surface area (TPSA) is 66.5 Å². The van der Waals surface area contributed by atoms with Crippen LogP contribution in [0.5, 0.6) is 0 Å². The van der Waals surface area contributed by atoms with Gasteiger partial charge in [0, 0.05) is 11.8 Å². The fourth-order valence-electron chi connectivity index (χ4n) is 4.97. The molecule has 4 fully saturated rings. The summed E-state index contributed by atoms with van der Waals surface area (Å²) in [7, 11) is -3.31. The van der Waals surface area contributed by atoms with Gasteiger partial charge >= 0.3 is 0 Å². The first kappa shape index (κ1) is 19.2. The Morgan fingerprint density at radius 2 is 1.96 bits per heavy atom. The smallest absolute Gasteiger partial charge is 0.261 e. The van der Waals surface area contributed by atoms with E-state index in [1.165, 1.54) is 30.4 Å². The van der Waals surface area contributed by atoms with E-state index in [1.54, 1.807) is 12.1 Å². The van der Waals surface area contributed by atoms with Crippen LogP contribution in [0.4, 0.5) is 0 Å². The Kier molecular flexibility index (Phi) is 4.57. The fourth-order valence-corrected chi connectivity index (χ4v) is 7.30. The summed E-state index contributed by atoms with van der Waals surface area (Å²) in [5.41, 5.74) is 0.200. The van der Waals surface area contributed by atoms with Crippen molar-refractivity contribution in [2.45, 2.75) is 42.2 Å². The van der Waals surface area contributed by atoms with Crippen LogP contribution in [0.1, 0.15) is 35.4 Å². The second-order valence-corrected chi connectivity index (χ2v) is 11.0. The first-order valence-electron chi connectivity index (χ1n) is 9.17. The quantitative estimate of drug-likeness (QED) is 0.819. The van der Waals surface area contributed by atoms with Crippen molar-refractivity contribution < 1.29 is 13.2 Å². The molecule has 1 saturated carbocycles. The molecule has 1 spiro atoms. The van der Waals surface area contributed by atoms with Crippen molar-refractivity contribution in [2.24, 2.45) is 5.92 Å². The lowest BCUT2D eigenvalue weighted by atomic mass is 9.77. The molecule has 0 radical (unpaired) electrons. The lowest BCUT2D eigenvalue weighted by Gasteiger charge is -2.52. The van der Waals surface area contributed by atoms with E-state index in [-0.39, 0.29) is 29.9 Å². The second kappa shape index (κ2) is 6.44. The number of fused-ring (bicyclic) bond motifs is 3. The van der Waals surface area contributed by atoms with Gasteiger partial charge in [-0.15, -0.1) is 23.7 Å². The predicted molar refractivity (Wildman–Crippen MR) is 110 cm³/mol. The van der Waals surface area contributed by atoms with E-state index in [9.17, 15) is 13.2 Å². The number of sulfone groups is 1. The third-order valence-electron chi connectivity index (χ3n) is 6.40. The van der Waals surface area contributed by atoms with Crippen molar-refractivity contribution in [1.82, 2.24) is 10.2 Å². The highest BCUT2D eigenvalue weighted by Crippen LogP contribution is 2.53. The maximum Gasteiger partial charge on any atom is 0.261 e. The summed E-state index contributed by atoms with van der Waals surface area (Å²) in [6.07, 6.45) is 5.90. The zero-order valence-electron chi connectivity index (χ0n) is 15.1. The minimum absolute atomic E-state index is 0. The van der Waals surface area contributed by atoms with E-state index in [0.29, 0.717) is 20.4 Å². The van der Waals surface area contributed by atoms with Gasteiger partial charge in [0.25, 0.3) is 5.91 Å². The summed E-state index contributed by atoms with van der Waals surface area (Å²) >= 11 is 1.28. The van der Waals surface area contributed by atoms with Crippen molar-refractivity contribution in [3.05, 3.63) is 29.1 Å². The molecule has 146 valence electrons. The summed E-state index contributed by atoms with van der Waals surface area (Å²) in [5.74, 6) is 0.517. The summed E-state index contributed by atoms with van der Waals surface area (Å²) < 4.78 is 24.7. The van der Waals surface area contributed by atoms with Crippen LogP contribution in [0.3, 0.4) is 0 Å². The number of rotatable bonds is 3. The van der Waals surface area contributed by atoms with E-state index in [1.807, 2.05) is 12.1 Å². The van der Waals surface area contributed by atoms with Gasteiger partial charge in [-0.1, -0.05) is 12.1 Å². The summed E-state index contributed by atoms with van der Waals surface area (Å²) in [5, 5.41) is 4.14. The summed E-state index contributed by atoms with van der Waals surface area (Å²) in [4.78, 5) is 16.4. The molecular formula is C19H23ClN2O3S2. The average molecular weight is 427 g/mol. The number of carbonyl (C=O) groups excluding carboxylic acids is 1. The minimum Gasteiger partial charge on any atom is -0.346 e.